The summed E-state index contributed by atoms with van der Waals surface area (Å²) in [6, 6.07) is 17.1. The number of aromatic nitrogens is 2. The van der Waals surface area contributed by atoms with Gasteiger partial charge in [0, 0.05) is 12.7 Å². The number of hydrogen-bond donors (Lipinski definition) is 1. The summed E-state index contributed by atoms with van der Waals surface area (Å²) in [7, 11) is 2.97. The molecule has 0 radical (unpaired) electrons. The molecule has 1 N–H and O–H groups in total. The fourth-order valence-electron chi connectivity index (χ4n) is 2.46. The number of hydrogen-bond acceptors (Lipinski definition) is 6. The van der Waals surface area contributed by atoms with Crippen LogP contribution >= 0.6 is 11.6 Å². The number of nitrogens with zero attached hydrogens (tertiary/aromatic N) is 3. The zero-order chi connectivity index (χ0) is 20.1. The van der Waals surface area contributed by atoms with Gasteiger partial charge in [0.05, 0.1) is 23.4 Å². The fourth-order valence-corrected chi connectivity index (χ4v) is 2.62. The van der Waals surface area contributed by atoms with Crippen LogP contribution in [0.4, 0.5) is 17.2 Å². The first-order valence-electron chi connectivity index (χ1n) is 8.31. The van der Waals surface area contributed by atoms with E-state index < -0.39 is 5.97 Å². The minimum atomic E-state index is -0.476. The maximum atomic E-state index is 12.6. The second kappa shape index (κ2) is 8.49. The Hall–Kier alpha value is -3.45. The topological polar surface area (TPSA) is 84.4 Å². The van der Waals surface area contributed by atoms with Crippen LogP contribution in [-0.2, 0) is 4.74 Å². The van der Waals surface area contributed by atoms with Crippen molar-refractivity contribution >= 4 is 40.7 Å². The Labute approximate surface area is 166 Å². The Kier molecular flexibility index (Phi) is 5.86. The van der Waals surface area contributed by atoms with E-state index in [9.17, 15) is 9.59 Å². The standard InChI is InChI=1S/C20H17ClN4O3/c1-25(14-6-4-3-5-7-14)19(26)16-10-11-18(24-23-16)22-17-12-13(20(27)28-2)8-9-15(17)21/h3-12H,1-2H3,(H,22,24). The van der Waals surface area contributed by atoms with Gasteiger partial charge in [-0.25, -0.2) is 4.79 Å². The van der Waals surface area contributed by atoms with Gasteiger partial charge in [0.1, 0.15) is 0 Å². The zero-order valence-corrected chi connectivity index (χ0v) is 16.0. The summed E-state index contributed by atoms with van der Waals surface area (Å²) in [5.74, 6) is -0.380. The number of halogens is 1. The van der Waals surface area contributed by atoms with E-state index in [1.807, 2.05) is 30.3 Å². The molecule has 28 heavy (non-hydrogen) atoms. The molecule has 0 saturated carbocycles. The van der Waals surface area contributed by atoms with Gasteiger partial charge in [0.15, 0.2) is 11.5 Å². The number of esters is 1. The van der Waals surface area contributed by atoms with Gasteiger partial charge in [-0.2, -0.15) is 0 Å². The van der Waals surface area contributed by atoms with E-state index in [-0.39, 0.29) is 11.6 Å². The van der Waals surface area contributed by atoms with Crippen molar-refractivity contribution in [3.05, 3.63) is 76.9 Å². The molecule has 3 aromatic rings. The number of anilines is 3. The monoisotopic (exact) mass is 396 g/mol. The number of benzene rings is 2. The predicted molar refractivity (Wildman–Crippen MR) is 107 cm³/mol. The average molecular weight is 397 g/mol. The molecule has 0 fully saturated rings. The molecule has 8 heteroatoms. The van der Waals surface area contributed by atoms with Gasteiger partial charge < -0.3 is 15.0 Å². The highest BCUT2D eigenvalue weighted by molar-refractivity contribution is 6.33. The maximum absolute atomic E-state index is 12.6. The van der Waals surface area contributed by atoms with Crippen molar-refractivity contribution in [1.29, 1.82) is 0 Å². The van der Waals surface area contributed by atoms with Gasteiger partial charge in [-0.05, 0) is 42.5 Å². The summed E-state index contributed by atoms with van der Waals surface area (Å²) in [5, 5.41) is 11.4. The molecule has 1 amide bonds. The lowest BCUT2D eigenvalue weighted by atomic mass is 10.2. The Morgan fingerprint density at radius 1 is 1.04 bits per heavy atom. The van der Waals surface area contributed by atoms with Gasteiger partial charge in [0.2, 0.25) is 0 Å². The molecule has 0 aliphatic heterocycles. The van der Waals surface area contributed by atoms with Crippen LogP contribution in [0, 0.1) is 0 Å². The first kappa shape index (κ1) is 19.3. The summed E-state index contributed by atoms with van der Waals surface area (Å²) < 4.78 is 4.70. The van der Waals surface area contributed by atoms with Gasteiger partial charge >= 0.3 is 5.97 Å². The van der Waals surface area contributed by atoms with Gasteiger partial charge in [-0.1, -0.05) is 29.8 Å². The lowest BCUT2D eigenvalue weighted by Gasteiger charge is -2.16. The molecule has 0 unspecified atom stereocenters. The minimum Gasteiger partial charge on any atom is -0.465 e. The highest BCUT2D eigenvalue weighted by Gasteiger charge is 2.16. The number of ether oxygens (including phenoxy) is 1. The third-order valence-electron chi connectivity index (χ3n) is 3.98. The van der Waals surface area contributed by atoms with Crippen molar-refractivity contribution in [2.24, 2.45) is 0 Å². The third-order valence-corrected chi connectivity index (χ3v) is 4.31. The van der Waals surface area contributed by atoms with Crippen LogP contribution in [0.1, 0.15) is 20.8 Å². The number of amides is 1. The lowest BCUT2D eigenvalue weighted by Crippen LogP contribution is -2.27. The van der Waals surface area contributed by atoms with Crippen molar-refractivity contribution in [2.45, 2.75) is 0 Å². The fraction of sp³-hybridized carbons (Fsp3) is 0.100. The van der Waals surface area contributed by atoms with Crippen LogP contribution < -0.4 is 10.2 Å². The highest BCUT2D eigenvalue weighted by Crippen LogP contribution is 2.26. The summed E-state index contributed by atoms with van der Waals surface area (Å²) in [4.78, 5) is 25.7. The zero-order valence-electron chi connectivity index (χ0n) is 15.2. The summed E-state index contributed by atoms with van der Waals surface area (Å²) >= 11 is 6.16. The maximum Gasteiger partial charge on any atom is 0.337 e. The molecular weight excluding hydrogens is 380 g/mol. The van der Waals surface area contributed by atoms with E-state index in [4.69, 9.17) is 16.3 Å². The predicted octanol–water partition coefficient (Wildman–Crippen LogP) is 3.94. The van der Waals surface area contributed by atoms with Crippen LogP contribution in [-0.4, -0.2) is 36.2 Å². The van der Waals surface area contributed by atoms with Crippen LogP contribution in [0.5, 0.6) is 0 Å². The Morgan fingerprint density at radius 2 is 1.79 bits per heavy atom. The second-order valence-corrected chi connectivity index (χ2v) is 6.22. The van der Waals surface area contributed by atoms with Crippen LogP contribution in [0.15, 0.2) is 60.7 Å². The van der Waals surface area contributed by atoms with Crippen LogP contribution in [0.2, 0.25) is 5.02 Å². The SMILES string of the molecule is COC(=O)c1ccc(Cl)c(Nc2ccc(C(=O)N(C)c3ccccc3)nn2)c1. The van der Waals surface area contributed by atoms with E-state index in [2.05, 4.69) is 15.5 Å². The summed E-state index contributed by atoms with van der Waals surface area (Å²) in [6.07, 6.45) is 0. The molecule has 0 spiro atoms. The molecular formula is C20H17ClN4O3. The number of para-hydroxylation sites is 1. The number of rotatable bonds is 5. The van der Waals surface area contributed by atoms with Crippen molar-refractivity contribution in [3.8, 4) is 0 Å². The molecule has 2 aromatic carbocycles. The minimum absolute atomic E-state index is 0.200. The van der Waals surface area contributed by atoms with Gasteiger partial charge in [-0.3, -0.25) is 4.79 Å². The highest BCUT2D eigenvalue weighted by atomic mass is 35.5. The van der Waals surface area contributed by atoms with Crippen molar-refractivity contribution in [2.75, 3.05) is 24.4 Å². The molecule has 0 aliphatic rings. The molecule has 0 saturated heterocycles. The van der Waals surface area contributed by atoms with Gasteiger partial charge in [0.25, 0.3) is 5.91 Å². The number of nitrogens with one attached hydrogen (secondary N) is 1. The average Bonchev–Trinajstić information content (AvgIpc) is 2.74. The quantitative estimate of drug-likeness (QED) is 0.657. The molecule has 142 valence electrons. The first-order chi connectivity index (χ1) is 13.5. The number of carbonyl (C=O) groups excluding carboxylic acids is 2. The smallest absolute Gasteiger partial charge is 0.337 e. The van der Waals surface area contributed by atoms with E-state index in [1.54, 1.807) is 37.4 Å². The Balaban J connectivity index is 1.76. The summed E-state index contributed by atoms with van der Waals surface area (Å²) in [6.45, 7) is 0. The first-order valence-corrected chi connectivity index (χ1v) is 8.69. The lowest BCUT2D eigenvalue weighted by molar-refractivity contribution is 0.0600. The van der Waals surface area contributed by atoms with E-state index in [1.165, 1.54) is 12.0 Å². The Bertz CT molecular complexity index is 994. The van der Waals surface area contributed by atoms with Crippen molar-refractivity contribution in [3.63, 3.8) is 0 Å². The normalized spacial score (nSPS) is 10.2. The van der Waals surface area contributed by atoms with Crippen molar-refractivity contribution in [1.82, 2.24) is 10.2 Å². The number of methoxy groups -OCH3 is 1. The second-order valence-electron chi connectivity index (χ2n) is 5.81. The molecule has 0 bridgehead atoms. The van der Waals surface area contributed by atoms with Crippen LogP contribution in [0.3, 0.4) is 0 Å². The molecule has 1 heterocycles. The third kappa shape index (κ3) is 4.27. The van der Waals surface area contributed by atoms with Crippen LogP contribution in [0.25, 0.3) is 0 Å². The number of carbonyl (C=O) groups is 2. The van der Waals surface area contributed by atoms with E-state index in [0.29, 0.717) is 22.1 Å². The van der Waals surface area contributed by atoms with E-state index >= 15 is 0 Å². The molecule has 3 rings (SSSR count). The summed E-state index contributed by atoms with van der Waals surface area (Å²) in [5.41, 5.74) is 1.77. The largest absolute Gasteiger partial charge is 0.465 e. The van der Waals surface area contributed by atoms with E-state index in [0.717, 1.165) is 5.69 Å². The molecule has 7 nitrogen and oxygen atoms in total. The molecule has 0 aliphatic carbocycles. The van der Waals surface area contributed by atoms with Crippen molar-refractivity contribution < 1.29 is 14.3 Å². The molecule has 0 atom stereocenters. The van der Waals surface area contributed by atoms with Gasteiger partial charge in [-0.15, -0.1) is 10.2 Å². The Morgan fingerprint density at radius 3 is 2.43 bits per heavy atom. The molecule has 1 aromatic heterocycles.